The maximum atomic E-state index is 12.3. The van der Waals surface area contributed by atoms with Gasteiger partial charge in [0, 0.05) is 12.2 Å². The molecule has 2 aromatic rings. The van der Waals surface area contributed by atoms with Gasteiger partial charge < -0.3 is 5.73 Å². The van der Waals surface area contributed by atoms with E-state index in [0.717, 1.165) is 24.3 Å². The van der Waals surface area contributed by atoms with Gasteiger partial charge in [-0.05, 0) is 24.6 Å². The van der Waals surface area contributed by atoms with Crippen molar-refractivity contribution in [3.8, 4) is 0 Å². The molecule has 7 nitrogen and oxygen atoms in total. The first-order valence-corrected chi connectivity index (χ1v) is 8.83. The van der Waals surface area contributed by atoms with E-state index in [4.69, 9.17) is 5.73 Å². The van der Waals surface area contributed by atoms with Crippen molar-refractivity contribution in [2.45, 2.75) is 43.5 Å². The third-order valence-corrected chi connectivity index (χ3v) is 4.56. The maximum absolute atomic E-state index is 12.3. The molecule has 1 aromatic heterocycles. The third-order valence-electron chi connectivity index (χ3n) is 3.14. The smallest absolute Gasteiger partial charge is 0.326 e. The second-order valence-electron chi connectivity index (χ2n) is 5.67. The zero-order valence-electron chi connectivity index (χ0n) is 13.4. The summed E-state index contributed by atoms with van der Waals surface area (Å²) >= 11 is 0. The van der Waals surface area contributed by atoms with Crippen molar-refractivity contribution in [2.75, 3.05) is 0 Å². The minimum atomic E-state index is -4.34. The van der Waals surface area contributed by atoms with Crippen molar-refractivity contribution in [3.63, 3.8) is 0 Å². The first kappa shape index (κ1) is 19.3. The van der Waals surface area contributed by atoms with Gasteiger partial charge in [-0.3, -0.25) is 4.68 Å². The number of sulfonamides is 1. The maximum Gasteiger partial charge on any atom is 0.393 e. The minimum absolute atomic E-state index is 0.00898. The number of alkyl halides is 3. The van der Waals surface area contributed by atoms with Crippen molar-refractivity contribution in [2.24, 2.45) is 5.73 Å². The van der Waals surface area contributed by atoms with Crippen LogP contribution in [0.2, 0.25) is 0 Å². The summed E-state index contributed by atoms with van der Waals surface area (Å²) < 4.78 is 65.1. The fraction of sp³-hybridized carbons (Fsp3) is 0.429. The molecule has 0 spiro atoms. The molecule has 11 heteroatoms. The molecule has 1 atom stereocenters. The Labute approximate surface area is 143 Å². The van der Waals surface area contributed by atoms with Crippen LogP contribution in [0, 0.1) is 0 Å². The van der Waals surface area contributed by atoms with Gasteiger partial charge in [-0.2, -0.15) is 13.2 Å². The standard InChI is InChI=1S/C14H18F3N5O2S/c1-10(18)8-22-9-12(20-21-22)7-19-25(23,24)13-4-2-11(3-5-13)6-14(15,16)17/h2-5,9-10,19H,6-8,18H2,1H3/t10-/m0/s1. The van der Waals surface area contributed by atoms with Crippen LogP contribution in [0.25, 0.3) is 0 Å². The van der Waals surface area contributed by atoms with E-state index in [9.17, 15) is 21.6 Å². The summed E-state index contributed by atoms with van der Waals surface area (Å²) in [5.74, 6) is 0. The number of rotatable bonds is 7. The molecule has 1 heterocycles. The quantitative estimate of drug-likeness (QED) is 0.755. The van der Waals surface area contributed by atoms with E-state index >= 15 is 0 Å². The molecule has 0 radical (unpaired) electrons. The van der Waals surface area contributed by atoms with E-state index in [0.29, 0.717) is 12.2 Å². The second kappa shape index (κ2) is 7.50. The van der Waals surface area contributed by atoms with E-state index in [1.165, 1.54) is 4.68 Å². The molecule has 0 fully saturated rings. The van der Waals surface area contributed by atoms with Crippen molar-refractivity contribution in [1.82, 2.24) is 19.7 Å². The van der Waals surface area contributed by atoms with Crippen LogP contribution in [0.4, 0.5) is 13.2 Å². The molecule has 0 unspecified atom stereocenters. The zero-order chi connectivity index (χ0) is 18.7. The first-order valence-electron chi connectivity index (χ1n) is 7.35. The highest BCUT2D eigenvalue weighted by atomic mass is 32.2. The predicted octanol–water partition coefficient (Wildman–Crippen LogP) is 1.21. The predicted molar refractivity (Wildman–Crippen MR) is 83.9 cm³/mol. The Balaban J connectivity index is 2.00. The molecular weight excluding hydrogens is 359 g/mol. The SMILES string of the molecule is C[C@H](N)Cn1cc(CNS(=O)(=O)c2ccc(CC(F)(F)F)cc2)nn1. The van der Waals surface area contributed by atoms with Gasteiger partial charge in [0.05, 0.1) is 30.1 Å². The van der Waals surface area contributed by atoms with Crippen molar-refractivity contribution < 1.29 is 21.6 Å². The van der Waals surface area contributed by atoms with E-state index in [-0.39, 0.29) is 23.0 Å². The zero-order valence-corrected chi connectivity index (χ0v) is 14.2. The summed E-state index contributed by atoms with van der Waals surface area (Å²) in [5, 5.41) is 7.65. The van der Waals surface area contributed by atoms with Gasteiger partial charge in [-0.1, -0.05) is 17.3 Å². The Morgan fingerprint density at radius 2 is 1.92 bits per heavy atom. The summed E-state index contributed by atoms with van der Waals surface area (Å²) in [6.45, 7) is 2.15. The van der Waals surface area contributed by atoms with Crippen LogP contribution in [0.15, 0.2) is 35.4 Å². The largest absolute Gasteiger partial charge is 0.393 e. The molecule has 0 amide bonds. The number of aromatic nitrogens is 3. The normalized spacial score (nSPS) is 13.8. The fourth-order valence-corrected chi connectivity index (χ4v) is 3.07. The lowest BCUT2D eigenvalue weighted by Crippen LogP contribution is -2.23. The molecule has 0 aliphatic carbocycles. The lowest BCUT2D eigenvalue weighted by Gasteiger charge is -2.08. The highest BCUT2D eigenvalue weighted by Gasteiger charge is 2.27. The average Bonchev–Trinajstić information content (AvgIpc) is 2.91. The number of hydrogen-bond donors (Lipinski definition) is 2. The molecule has 0 saturated carbocycles. The summed E-state index contributed by atoms with van der Waals surface area (Å²) in [7, 11) is -3.87. The van der Waals surface area contributed by atoms with Crippen molar-refractivity contribution >= 4 is 10.0 Å². The number of nitrogens with zero attached hydrogens (tertiary/aromatic N) is 3. The Morgan fingerprint density at radius 1 is 1.28 bits per heavy atom. The van der Waals surface area contributed by atoms with E-state index in [2.05, 4.69) is 15.0 Å². The Hall–Kier alpha value is -1.98. The van der Waals surface area contributed by atoms with Gasteiger partial charge in [-0.15, -0.1) is 5.10 Å². The number of nitrogens with two attached hydrogens (primary N) is 1. The van der Waals surface area contributed by atoms with Gasteiger partial charge in [0.25, 0.3) is 0 Å². The number of benzene rings is 1. The molecular formula is C14H18F3N5O2S. The van der Waals surface area contributed by atoms with Gasteiger partial charge in [0.15, 0.2) is 0 Å². The monoisotopic (exact) mass is 377 g/mol. The molecule has 0 saturated heterocycles. The molecule has 25 heavy (non-hydrogen) atoms. The summed E-state index contributed by atoms with van der Waals surface area (Å²) in [4.78, 5) is -0.124. The highest BCUT2D eigenvalue weighted by Crippen LogP contribution is 2.22. The molecule has 0 aliphatic rings. The summed E-state index contributed by atoms with van der Waals surface area (Å²) in [5.41, 5.74) is 6.02. The van der Waals surface area contributed by atoms with Crippen LogP contribution in [0.1, 0.15) is 18.2 Å². The molecule has 138 valence electrons. The van der Waals surface area contributed by atoms with Gasteiger partial charge in [0.2, 0.25) is 10.0 Å². The number of nitrogens with one attached hydrogen (secondary N) is 1. The van der Waals surface area contributed by atoms with Crippen LogP contribution < -0.4 is 10.5 Å². The molecule has 0 aliphatic heterocycles. The van der Waals surface area contributed by atoms with Gasteiger partial charge >= 0.3 is 6.18 Å². The van der Waals surface area contributed by atoms with Crippen LogP contribution in [0.5, 0.6) is 0 Å². The van der Waals surface area contributed by atoms with Crippen LogP contribution in [-0.4, -0.2) is 35.6 Å². The number of hydrogen-bond acceptors (Lipinski definition) is 5. The third kappa shape index (κ3) is 6.11. The lowest BCUT2D eigenvalue weighted by molar-refractivity contribution is -0.127. The Morgan fingerprint density at radius 3 is 2.48 bits per heavy atom. The van der Waals surface area contributed by atoms with Gasteiger partial charge in [-0.25, -0.2) is 13.1 Å². The van der Waals surface area contributed by atoms with Crippen LogP contribution in [-0.2, 0) is 29.5 Å². The molecule has 2 rings (SSSR count). The van der Waals surface area contributed by atoms with E-state index in [1.54, 1.807) is 13.1 Å². The van der Waals surface area contributed by atoms with E-state index in [1.807, 2.05) is 0 Å². The average molecular weight is 377 g/mol. The van der Waals surface area contributed by atoms with Gasteiger partial charge in [0.1, 0.15) is 0 Å². The van der Waals surface area contributed by atoms with Crippen LogP contribution in [0.3, 0.4) is 0 Å². The fourth-order valence-electron chi connectivity index (χ4n) is 2.07. The molecule has 0 bridgehead atoms. The topological polar surface area (TPSA) is 103 Å². The first-order chi connectivity index (χ1) is 11.5. The number of halogens is 3. The van der Waals surface area contributed by atoms with Crippen LogP contribution >= 0.6 is 0 Å². The highest BCUT2D eigenvalue weighted by molar-refractivity contribution is 7.89. The Kier molecular flexibility index (Phi) is 5.80. The lowest BCUT2D eigenvalue weighted by atomic mass is 10.1. The summed E-state index contributed by atoms with van der Waals surface area (Å²) in [6, 6.07) is 4.43. The molecule has 1 aromatic carbocycles. The minimum Gasteiger partial charge on any atom is -0.326 e. The summed E-state index contributed by atoms with van der Waals surface area (Å²) in [6.07, 6.45) is -3.88. The Bertz CT molecular complexity index is 801. The second-order valence-corrected chi connectivity index (χ2v) is 7.44. The van der Waals surface area contributed by atoms with Crippen molar-refractivity contribution in [1.29, 1.82) is 0 Å². The molecule has 3 N–H and O–H groups in total. The van der Waals surface area contributed by atoms with E-state index < -0.39 is 22.6 Å². The van der Waals surface area contributed by atoms with Crippen molar-refractivity contribution in [3.05, 3.63) is 41.7 Å².